The second-order valence-electron chi connectivity index (χ2n) is 18.9. The van der Waals surface area contributed by atoms with Crippen molar-refractivity contribution in [3.8, 4) is 0 Å². The quantitative estimate of drug-likeness (QED) is 0.266. The summed E-state index contributed by atoms with van der Waals surface area (Å²) in [6.07, 6.45) is -0.346. The lowest BCUT2D eigenvalue weighted by atomic mass is 9.43. The number of nitrogens with two attached hydrogens (primary N) is 1. The number of hydrogen-bond donors (Lipinski definition) is 4. The highest BCUT2D eigenvalue weighted by atomic mass is 19.4. The molecule has 5 saturated carbocycles. The minimum Gasteiger partial charge on any atom is -0.446 e. The van der Waals surface area contributed by atoms with Gasteiger partial charge in [-0.3, -0.25) is 4.90 Å². The van der Waals surface area contributed by atoms with Gasteiger partial charge in [0, 0.05) is 25.0 Å². The fourth-order valence-electron chi connectivity index (χ4n) is 13.7. The minimum absolute atomic E-state index is 0.0154. The van der Waals surface area contributed by atoms with Crippen LogP contribution in [0.1, 0.15) is 99.8 Å². The summed E-state index contributed by atoms with van der Waals surface area (Å²) in [7, 11) is 0. The van der Waals surface area contributed by atoms with Crippen molar-refractivity contribution >= 4 is 12.2 Å². The summed E-state index contributed by atoms with van der Waals surface area (Å²) in [4.78, 5) is 26.8. The van der Waals surface area contributed by atoms with Crippen molar-refractivity contribution < 1.29 is 42.1 Å². The maximum atomic E-state index is 13.0. The first kappa shape index (κ1) is 37.5. The number of aliphatic hydroxyl groups is 1. The largest absolute Gasteiger partial charge is 0.446 e. The van der Waals surface area contributed by atoms with Crippen molar-refractivity contribution in [2.24, 2.45) is 57.0 Å². The third-order valence-electron chi connectivity index (χ3n) is 15.8. The predicted molar refractivity (Wildman–Crippen MR) is 183 cm³/mol. The molecule has 2 spiro atoms. The molecule has 7 aliphatic rings. The van der Waals surface area contributed by atoms with E-state index >= 15 is 0 Å². The van der Waals surface area contributed by atoms with Crippen LogP contribution in [0.3, 0.4) is 0 Å². The Labute approximate surface area is 300 Å². The van der Waals surface area contributed by atoms with Gasteiger partial charge in [-0.05, 0) is 104 Å². The van der Waals surface area contributed by atoms with Crippen molar-refractivity contribution in [2.45, 2.75) is 148 Å². The molecular weight excluding hydrogens is 665 g/mol. The second kappa shape index (κ2) is 12.3. The topological polar surface area (TPSA) is 135 Å². The lowest BCUT2D eigenvalue weighted by Gasteiger charge is -2.63. The third-order valence-corrected chi connectivity index (χ3v) is 15.8. The number of fused-ring (bicyclic) bond motifs is 4. The number of likely N-dealkylation sites (tertiary alicyclic amines) is 1. The molecule has 10 nitrogen and oxygen atoms in total. The Morgan fingerprint density at radius 2 is 1.71 bits per heavy atom. The van der Waals surface area contributed by atoms with E-state index in [1.165, 1.54) is 4.90 Å². The molecule has 0 radical (unpaired) electrons. The zero-order chi connectivity index (χ0) is 37.1. The van der Waals surface area contributed by atoms with Crippen LogP contribution in [0.5, 0.6) is 0 Å². The summed E-state index contributed by atoms with van der Waals surface area (Å²) in [6, 6.07) is -0.342. The maximum absolute atomic E-state index is 13.0. The van der Waals surface area contributed by atoms with Crippen LogP contribution in [-0.4, -0.2) is 96.6 Å². The van der Waals surface area contributed by atoms with Gasteiger partial charge in [-0.15, -0.1) is 0 Å². The van der Waals surface area contributed by atoms with Gasteiger partial charge in [0.25, 0.3) is 0 Å². The summed E-state index contributed by atoms with van der Waals surface area (Å²) < 4.78 is 57.0. The Balaban J connectivity index is 1.05. The molecule has 290 valence electrons. The van der Waals surface area contributed by atoms with Gasteiger partial charge in [0.2, 0.25) is 0 Å². The fraction of sp³-hybridized carbons (Fsp3) is 0.947. The van der Waals surface area contributed by atoms with Crippen molar-refractivity contribution in [3.05, 3.63) is 0 Å². The number of rotatable bonds is 7. The number of alkyl carbamates (subject to hydrolysis) is 2. The van der Waals surface area contributed by atoms with E-state index in [2.05, 4.69) is 38.3 Å². The molecule has 2 amide bonds. The highest BCUT2D eigenvalue weighted by Gasteiger charge is 2.85. The number of amides is 2. The summed E-state index contributed by atoms with van der Waals surface area (Å²) in [5, 5.41) is 18.0. The molecule has 13 atom stereocenters. The van der Waals surface area contributed by atoms with E-state index < -0.39 is 48.8 Å². The Bertz CT molecular complexity index is 1380. The van der Waals surface area contributed by atoms with Crippen LogP contribution < -0.4 is 16.4 Å². The summed E-state index contributed by atoms with van der Waals surface area (Å²) in [5.41, 5.74) is 6.40. The van der Waals surface area contributed by atoms with Gasteiger partial charge in [0.15, 0.2) is 0 Å². The number of alkyl halides is 3. The summed E-state index contributed by atoms with van der Waals surface area (Å²) in [5.74, 6) is 0.810. The number of carbonyl (C=O) groups excluding carboxylic acids is 2. The molecule has 0 bridgehead atoms. The molecule has 13 heteroatoms. The van der Waals surface area contributed by atoms with Gasteiger partial charge in [0.1, 0.15) is 12.2 Å². The van der Waals surface area contributed by atoms with E-state index in [0.29, 0.717) is 12.5 Å². The molecule has 7 rings (SSSR count). The van der Waals surface area contributed by atoms with Crippen LogP contribution in [0.4, 0.5) is 22.8 Å². The standard InChI is InChI=1S/C38H61F3N4O6/c1-8-43-31(47)51-28(20(2)3)23-15-21(4)27-29(49-23)30(46)38(42)25-10-9-24-33(5,6)26(11-12-35(24)18-36(25,35)14-13-34(27,38)7)50-32(48)44-22-16-45(17-22)19-37(39,40)41/h20-30,46H,8-19,42H2,1-7H3,(H,43,47)(H,44,48)/t21-,23?,24+,25?,26+,27+,28-,29?,30+,34-,35?,36?,38+/m1/s1. The molecule has 2 heterocycles. The molecule has 5 unspecified atom stereocenters. The fourth-order valence-corrected chi connectivity index (χ4v) is 13.7. The Morgan fingerprint density at radius 3 is 2.35 bits per heavy atom. The van der Waals surface area contributed by atoms with E-state index in [1.807, 2.05) is 20.8 Å². The molecule has 5 aliphatic carbocycles. The molecule has 2 saturated heterocycles. The highest BCUT2D eigenvalue weighted by Crippen LogP contribution is 2.87. The van der Waals surface area contributed by atoms with Crippen LogP contribution in [0.15, 0.2) is 0 Å². The van der Waals surface area contributed by atoms with Gasteiger partial charge in [0.05, 0.1) is 36.4 Å². The number of aliphatic hydroxyl groups excluding tert-OH is 1. The van der Waals surface area contributed by atoms with Gasteiger partial charge in [-0.1, -0.05) is 41.5 Å². The maximum Gasteiger partial charge on any atom is 0.407 e. The molecule has 2 aliphatic heterocycles. The number of nitrogens with zero attached hydrogens (tertiary/aromatic N) is 1. The lowest BCUT2D eigenvalue weighted by molar-refractivity contribution is -0.178. The van der Waals surface area contributed by atoms with E-state index in [4.69, 9.17) is 19.9 Å². The molecule has 0 aromatic carbocycles. The molecular formula is C38H61F3N4O6. The summed E-state index contributed by atoms with van der Waals surface area (Å²) in [6.45, 7) is 14.7. The van der Waals surface area contributed by atoms with Crippen LogP contribution in [0.25, 0.3) is 0 Å². The Kier molecular flexibility index (Phi) is 9.07. The SMILES string of the molecule is CCNC(=O)O[C@H](C(C)C)C1C[C@@H](C)[C@H]2C(O1)[C@H](O)[C@@]1(N)C3CC[C@H]4C(C)(C)[C@@H](OC(=O)NC5CN(CC(F)(F)F)C5)CCC45CC35CC[C@]21C. The van der Waals surface area contributed by atoms with E-state index in [9.17, 15) is 27.9 Å². The number of hydrogen-bond acceptors (Lipinski definition) is 8. The zero-order valence-corrected chi connectivity index (χ0v) is 31.5. The molecule has 7 fully saturated rings. The number of halogens is 3. The predicted octanol–water partition coefficient (Wildman–Crippen LogP) is 5.60. The van der Waals surface area contributed by atoms with Crippen LogP contribution in [-0.2, 0) is 14.2 Å². The zero-order valence-electron chi connectivity index (χ0n) is 31.5. The van der Waals surface area contributed by atoms with Crippen LogP contribution >= 0.6 is 0 Å². The first-order chi connectivity index (χ1) is 23.7. The van der Waals surface area contributed by atoms with Crippen molar-refractivity contribution in [3.63, 3.8) is 0 Å². The normalized spacial score (nSPS) is 46.3. The Hall–Kier alpha value is -1.83. The third kappa shape index (κ3) is 5.54. The lowest BCUT2D eigenvalue weighted by Crippen LogP contribution is -2.70. The number of ether oxygens (including phenoxy) is 3. The van der Waals surface area contributed by atoms with Gasteiger partial charge >= 0.3 is 18.4 Å². The molecule has 51 heavy (non-hydrogen) atoms. The van der Waals surface area contributed by atoms with Crippen molar-refractivity contribution in [1.82, 2.24) is 15.5 Å². The van der Waals surface area contributed by atoms with Crippen molar-refractivity contribution in [2.75, 3.05) is 26.2 Å². The average Bonchev–Trinajstić information content (AvgIpc) is 3.64. The molecule has 0 aromatic rings. The second-order valence-corrected chi connectivity index (χ2v) is 18.9. The Morgan fingerprint density at radius 1 is 1.04 bits per heavy atom. The highest BCUT2D eigenvalue weighted by molar-refractivity contribution is 5.68. The van der Waals surface area contributed by atoms with Gasteiger partial charge in [-0.2, -0.15) is 13.2 Å². The summed E-state index contributed by atoms with van der Waals surface area (Å²) >= 11 is 0. The van der Waals surface area contributed by atoms with Gasteiger partial charge in [-0.25, -0.2) is 9.59 Å². The first-order valence-electron chi connectivity index (χ1n) is 19.6. The smallest absolute Gasteiger partial charge is 0.407 e. The van der Waals surface area contributed by atoms with Crippen LogP contribution in [0.2, 0.25) is 0 Å². The number of carbonyl (C=O) groups is 2. The number of nitrogens with one attached hydrogen (secondary N) is 2. The van der Waals surface area contributed by atoms with E-state index in [0.717, 1.165) is 51.4 Å². The average molecular weight is 727 g/mol. The molecule has 5 N–H and O–H groups in total. The minimum atomic E-state index is -4.25. The molecule has 0 aromatic heterocycles. The monoisotopic (exact) mass is 726 g/mol. The first-order valence-corrected chi connectivity index (χ1v) is 19.6. The van der Waals surface area contributed by atoms with E-state index in [-0.39, 0.29) is 76.7 Å². The van der Waals surface area contributed by atoms with Crippen LogP contribution in [0, 0.1) is 51.2 Å². The van der Waals surface area contributed by atoms with Gasteiger partial charge < -0.3 is 35.7 Å². The van der Waals surface area contributed by atoms with Crippen molar-refractivity contribution in [1.29, 1.82) is 0 Å². The van der Waals surface area contributed by atoms with E-state index in [1.54, 1.807) is 0 Å².